The van der Waals surface area contributed by atoms with Crippen molar-refractivity contribution >= 4 is 21.8 Å². The van der Waals surface area contributed by atoms with Gasteiger partial charge in [0.25, 0.3) is 0 Å². The molecule has 1 rings (SSSR count). The number of carbonyl (C=O) groups is 1. The molecule has 0 aromatic heterocycles. The van der Waals surface area contributed by atoms with Crippen LogP contribution in [-0.4, -0.2) is 17.8 Å². The third-order valence-corrected chi connectivity index (χ3v) is 3.67. The summed E-state index contributed by atoms with van der Waals surface area (Å²) in [5, 5.41) is 2.96. The number of hydrogen-bond donors (Lipinski definition) is 1. The van der Waals surface area contributed by atoms with Gasteiger partial charge in [-0.3, -0.25) is 4.79 Å². The zero-order chi connectivity index (χ0) is 12.8. The highest BCUT2D eigenvalue weighted by atomic mass is 79.9. The molecular formula is C13H18BrNO2. The molecule has 0 aliphatic rings. The molecule has 2 atom stereocenters. The first-order chi connectivity index (χ1) is 8.10. The Morgan fingerprint density at radius 3 is 2.71 bits per heavy atom. The van der Waals surface area contributed by atoms with Crippen molar-refractivity contribution in [2.24, 2.45) is 0 Å². The molecular weight excluding hydrogens is 282 g/mol. The molecule has 94 valence electrons. The van der Waals surface area contributed by atoms with Gasteiger partial charge < -0.3 is 10.1 Å². The molecule has 0 heterocycles. The zero-order valence-electron chi connectivity index (χ0n) is 10.4. The monoisotopic (exact) mass is 299 g/mol. The Kier molecular flexibility index (Phi) is 5.48. The van der Waals surface area contributed by atoms with Gasteiger partial charge >= 0.3 is 0 Å². The molecule has 1 N–H and O–H groups in total. The minimum atomic E-state index is -0.139. The van der Waals surface area contributed by atoms with Crippen LogP contribution in [0.2, 0.25) is 0 Å². The van der Waals surface area contributed by atoms with E-state index in [4.69, 9.17) is 4.74 Å². The van der Waals surface area contributed by atoms with Gasteiger partial charge in [0, 0.05) is 5.56 Å². The lowest BCUT2D eigenvalue weighted by Crippen LogP contribution is -2.33. The summed E-state index contributed by atoms with van der Waals surface area (Å²) in [6.07, 6.45) is 0.768. The van der Waals surface area contributed by atoms with Crippen LogP contribution in [-0.2, 0) is 4.79 Å². The summed E-state index contributed by atoms with van der Waals surface area (Å²) in [7, 11) is 1.63. The third-order valence-electron chi connectivity index (χ3n) is 2.61. The number of rotatable bonds is 5. The number of amides is 1. The summed E-state index contributed by atoms with van der Waals surface area (Å²) in [5.74, 6) is 0.800. The molecule has 1 unspecified atom stereocenters. The Hall–Kier alpha value is -1.03. The van der Waals surface area contributed by atoms with E-state index in [-0.39, 0.29) is 16.8 Å². The minimum Gasteiger partial charge on any atom is -0.496 e. The fourth-order valence-electron chi connectivity index (χ4n) is 1.59. The molecule has 0 saturated carbocycles. The molecule has 4 heteroatoms. The van der Waals surface area contributed by atoms with Crippen molar-refractivity contribution in [2.45, 2.75) is 31.1 Å². The van der Waals surface area contributed by atoms with Crippen molar-refractivity contribution in [3.05, 3.63) is 29.8 Å². The maximum Gasteiger partial charge on any atom is 0.234 e. The second kappa shape index (κ2) is 6.64. The Labute approximate surface area is 111 Å². The lowest BCUT2D eigenvalue weighted by molar-refractivity contribution is -0.121. The fourth-order valence-corrected chi connectivity index (χ4v) is 1.72. The standard InChI is InChI=1S/C13H18BrNO2/c1-4-11(14)13(16)15-9(2)10-7-5-6-8-12(10)17-3/h5-9,11H,4H2,1-3H3,(H,15,16)/t9-,11?/m1/s1. The third kappa shape index (κ3) is 3.73. The highest BCUT2D eigenvalue weighted by Gasteiger charge is 2.17. The predicted molar refractivity (Wildman–Crippen MR) is 72.6 cm³/mol. The number of methoxy groups -OCH3 is 1. The zero-order valence-corrected chi connectivity index (χ0v) is 12.0. The number of hydrogen-bond acceptors (Lipinski definition) is 2. The van der Waals surface area contributed by atoms with Gasteiger partial charge in [0.15, 0.2) is 0 Å². The molecule has 17 heavy (non-hydrogen) atoms. The average Bonchev–Trinajstić information content (AvgIpc) is 2.37. The Morgan fingerprint density at radius 1 is 1.47 bits per heavy atom. The summed E-state index contributed by atoms with van der Waals surface area (Å²) in [6.45, 7) is 3.91. The van der Waals surface area contributed by atoms with E-state index >= 15 is 0 Å². The van der Waals surface area contributed by atoms with Gasteiger partial charge in [-0.05, 0) is 19.4 Å². The fraction of sp³-hybridized carbons (Fsp3) is 0.462. The molecule has 0 aliphatic heterocycles. The second-order valence-corrected chi connectivity index (χ2v) is 4.95. The second-order valence-electron chi connectivity index (χ2n) is 3.85. The van der Waals surface area contributed by atoms with E-state index in [9.17, 15) is 4.79 Å². The maximum absolute atomic E-state index is 11.8. The van der Waals surface area contributed by atoms with Crippen molar-refractivity contribution in [3.8, 4) is 5.75 Å². The predicted octanol–water partition coefficient (Wildman–Crippen LogP) is 3.05. The molecule has 1 amide bonds. The van der Waals surface area contributed by atoms with Crippen molar-refractivity contribution in [2.75, 3.05) is 7.11 Å². The number of halogens is 1. The highest BCUT2D eigenvalue weighted by molar-refractivity contribution is 9.10. The molecule has 0 bridgehead atoms. The number of benzene rings is 1. The van der Waals surface area contributed by atoms with Crippen LogP contribution in [0.3, 0.4) is 0 Å². The largest absolute Gasteiger partial charge is 0.496 e. The SMILES string of the molecule is CCC(Br)C(=O)N[C@H](C)c1ccccc1OC. The molecule has 0 fully saturated rings. The van der Waals surface area contributed by atoms with Crippen LogP contribution < -0.4 is 10.1 Å². The first kappa shape index (κ1) is 14.0. The molecule has 0 aliphatic carbocycles. The van der Waals surface area contributed by atoms with E-state index in [0.717, 1.165) is 17.7 Å². The first-order valence-electron chi connectivity index (χ1n) is 5.67. The lowest BCUT2D eigenvalue weighted by Gasteiger charge is -2.18. The Morgan fingerprint density at radius 2 is 2.12 bits per heavy atom. The van der Waals surface area contributed by atoms with E-state index in [1.165, 1.54) is 0 Å². The molecule has 1 aromatic carbocycles. The van der Waals surface area contributed by atoms with Crippen LogP contribution in [0.1, 0.15) is 31.9 Å². The molecule has 0 radical (unpaired) electrons. The van der Waals surface area contributed by atoms with Crippen molar-refractivity contribution in [3.63, 3.8) is 0 Å². The van der Waals surface area contributed by atoms with Crippen LogP contribution in [0, 0.1) is 0 Å². The summed E-state index contributed by atoms with van der Waals surface area (Å²) in [6, 6.07) is 7.63. The van der Waals surface area contributed by atoms with Crippen LogP contribution >= 0.6 is 15.9 Å². The van der Waals surface area contributed by atoms with Crippen LogP contribution in [0.25, 0.3) is 0 Å². The van der Waals surface area contributed by atoms with E-state index < -0.39 is 0 Å². The normalized spacial score (nSPS) is 13.9. The van der Waals surface area contributed by atoms with Crippen molar-refractivity contribution < 1.29 is 9.53 Å². The molecule has 0 saturated heterocycles. The van der Waals surface area contributed by atoms with E-state index in [0.29, 0.717) is 0 Å². The Bertz CT molecular complexity index is 381. The van der Waals surface area contributed by atoms with E-state index in [2.05, 4.69) is 21.2 Å². The number of ether oxygens (including phenoxy) is 1. The van der Waals surface area contributed by atoms with Gasteiger partial charge in [-0.2, -0.15) is 0 Å². The summed E-state index contributed by atoms with van der Waals surface area (Å²) >= 11 is 3.34. The Balaban J connectivity index is 2.76. The van der Waals surface area contributed by atoms with Gasteiger partial charge in [-0.15, -0.1) is 0 Å². The van der Waals surface area contributed by atoms with Crippen molar-refractivity contribution in [1.29, 1.82) is 0 Å². The summed E-state index contributed by atoms with van der Waals surface area (Å²) < 4.78 is 5.27. The first-order valence-corrected chi connectivity index (χ1v) is 6.59. The van der Waals surface area contributed by atoms with Crippen LogP contribution in [0.15, 0.2) is 24.3 Å². The number of para-hydroxylation sites is 1. The highest BCUT2D eigenvalue weighted by Crippen LogP contribution is 2.24. The molecule has 1 aromatic rings. The maximum atomic E-state index is 11.8. The number of nitrogens with one attached hydrogen (secondary N) is 1. The van der Waals surface area contributed by atoms with Crippen LogP contribution in [0.5, 0.6) is 5.75 Å². The number of carbonyl (C=O) groups excluding carboxylic acids is 1. The van der Waals surface area contributed by atoms with Gasteiger partial charge in [0.05, 0.1) is 18.0 Å². The van der Waals surface area contributed by atoms with Gasteiger partial charge in [-0.1, -0.05) is 41.1 Å². The van der Waals surface area contributed by atoms with Gasteiger partial charge in [-0.25, -0.2) is 0 Å². The summed E-state index contributed by atoms with van der Waals surface area (Å²) in [5.41, 5.74) is 0.985. The quantitative estimate of drug-likeness (QED) is 0.849. The molecule has 3 nitrogen and oxygen atoms in total. The van der Waals surface area contributed by atoms with Gasteiger partial charge in [0.2, 0.25) is 5.91 Å². The van der Waals surface area contributed by atoms with Crippen LogP contribution in [0.4, 0.5) is 0 Å². The van der Waals surface area contributed by atoms with E-state index in [1.54, 1.807) is 7.11 Å². The van der Waals surface area contributed by atoms with Gasteiger partial charge in [0.1, 0.15) is 5.75 Å². The molecule has 0 spiro atoms. The lowest BCUT2D eigenvalue weighted by atomic mass is 10.1. The number of alkyl halides is 1. The topological polar surface area (TPSA) is 38.3 Å². The summed E-state index contributed by atoms with van der Waals surface area (Å²) in [4.78, 5) is 11.6. The van der Waals surface area contributed by atoms with Crippen molar-refractivity contribution in [1.82, 2.24) is 5.32 Å². The van der Waals surface area contributed by atoms with E-state index in [1.807, 2.05) is 38.1 Å². The average molecular weight is 300 g/mol. The minimum absolute atomic E-state index is 0.00547. The smallest absolute Gasteiger partial charge is 0.234 e.